The lowest BCUT2D eigenvalue weighted by Gasteiger charge is -2.26. The van der Waals surface area contributed by atoms with Crippen molar-refractivity contribution in [2.75, 3.05) is 13.1 Å². The number of nitrogens with zero attached hydrogens (tertiary/aromatic N) is 8. The second-order valence-corrected chi connectivity index (χ2v) is 10.2. The van der Waals surface area contributed by atoms with Crippen LogP contribution in [0.15, 0.2) is 31.4 Å². The first kappa shape index (κ1) is 28.3. The molecule has 0 fully saturated rings. The van der Waals surface area contributed by atoms with E-state index in [4.69, 9.17) is 9.47 Å². The topological polar surface area (TPSA) is 108 Å². The first-order valence-corrected chi connectivity index (χ1v) is 13.4. The molecule has 4 rings (SSSR count). The summed E-state index contributed by atoms with van der Waals surface area (Å²) in [5.74, 6) is 1.89. The Bertz CT molecular complexity index is 1420. The minimum absolute atomic E-state index is 0.0169. The summed E-state index contributed by atoms with van der Waals surface area (Å²) in [5, 5.41) is 19.2. The number of aromatic nitrogens is 7. The lowest BCUT2D eigenvalue weighted by molar-refractivity contribution is 0.131. The number of hydrogen-bond donors (Lipinski definition) is 1. The van der Waals surface area contributed by atoms with Gasteiger partial charge in [0, 0.05) is 43.7 Å². The Kier molecular flexibility index (Phi) is 8.71. The van der Waals surface area contributed by atoms with Gasteiger partial charge in [-0.3, -0.25) is 14.0 Å². The minimum atomic E-state index is -0.519. The molecule has 39 heavy (non-hydrogen) atoms. The van der Waals surface area contributed by atoms with E-state index < -0.39 is 6.10 Å². The van der Waals surface area contributed by atoms with Crippen LogP contribution in [-0.2, 0) is 20.1 Å². The summed E-state index contributed by atoms with van der Waals surface area (Å²) in [7, 11) is 1.87. The normalized spacial score (nSPS) is 13.4. The average Bonchev–Trinajstić information content (AvgIpc) is 3.54. The van der Waals surface area contributed by atoms with E-state index in [9.17, 15) is 5.11 Å². The SMILES string of the molecule is C=Cc1cnc2ncc(-c3cnn(C)c3OC(C)CN(CC)Cc3c(C)c(OC(C)C)nn3CC(C)O)cn12. The summed E-state index contributed by atoms with van der Waals surface area (Å²) in [4.78, 5) is 11.1. The average molecular weight is 537 g/mol. The standard InChI is InChI=1S/C28H40N8O3/c1-9-23-12-30-28-29-11-22(16-35(23)28)24-13-31-33(8)27(24)39-20(6)15-34(10-2)17-25-21(7)26(38-18(3)4)32-36(25)14-19(5)37/h9,11-13,16,18-20,37H,1,10,14-15,17H2,2-8H3. The van der Waals surface area contributed by atoms with Gasteiger partial charge in [0.25, 0.3) is 0 Å². The molecular formula is C28H40N8O3. The summed E-state index contributed by atoms with van der Waals surface area (Å²) in [6.07, 6.45) is 8.41. The Morgan fingerprint density at radius 2 is 1.87 bits per heavy atom. The molecule has 0 spiro atoms. The van der Waals surface area contributed by atoms with E-state index in [0.29, 0.717) is 37.2 Å². The van der Waals surface area contributed by atoms with Crippen molar-refractivity contribution in [2.45, 2.75) is 72.9 Å². The maximum Gasteiger partial charge on any atom is 0.236 e. The molecule has 0 bridgehead atoms. The van der Waals surface area contributed by atoms with Crippen molar-refractivity contribution in [3.05, 3.63) is 48.3 Å². The van der Waals surface area contributed by atoms with Crippen LogP contribution in [0.25, 0.3) is 23.0 Å². The van der Waals surface area contributed by atoms with Gasteiger partial charge in [0.1, 0.15) is 6.10 Å². The fourth-order valence-corrected chi connectivity index (χ4v) is 4.55. The number of likely N-dealkylation sites (N-methyl/N-ethyl adjacent to an activating group) is 1. The van der Waals surface area contributed by atoms with E-state index in [-0.39, 0.29) is 12.2 Å². The van der Waals surface area contributed by atoms with Gasteiger partial charge in [0.2, 0.25) is 17.5 Å². The predicted molar refractivity (Wildman–Crippen MR) is 151 cm³/mol. The molecule has 0 saturated carbocycles. The number of aliphatic hydroxyl groups is 1. The van der Waals surface area contributed by atoms with Crippen LogP contribution in [0.5, 0.6) is 11.8 Å². The van der Waals surface area contributed by atoms with Crippen LogP contribution in [-0.4, -0.2) is 75.3 Å². The third-order valence-electron chi connectivity index (χ3n) is 6.51. The molecule has 0 aliphatic heterocycles. The Morgan fingerprint density at radius 1 is 1.13 bits per heavy atom. The first-order valence-electron chi connectivity index (χ1n) is 13.4. The van der Waals surface area contributed by atoms with Crippen LogP contribution in [0, 0.1) is 6.92 Å². The summed E-state index contributed by atoms with van der Waals surface area (Å²) in [5.41, 5.74) is 4.62. The Morgan fingerprint density at radius 3 is 2.54 bits per heavy atom. The number of aliphatic hydroxyl groups excluding tert-OH is 1. The number of aryl methyl sites for hydroxylation is 1. The van der Waals surface area contributed by atoms with Gasteiger partial charge in [-0.05, 0) is 47.2 Å². The first-order chi connectivity index (χ1) is 18.6. The summed E-state index contributed by atoms with van der Waals surface area (Å²) in [6.45, 7) is 18.4. The van der Waals surface area contributed by atoms with Crippen molar-refractivity contribution in [3.8, 4) is 22.9 Å². The van der Waals surface area contributed by atoms with Gasteiger partial charge in [-0.15, -0.1) is 5.10 Å². The molecule has 2 unspecified atom stereocenters. The zero-order valence-corrected chi connectivity index (χ0v) is 24.0. The molecule has 2 atom stereocenters. The molecule has 0 aromatic carbocycles. The van der Waals surface area contributed by atoms with E-state index in [1.54, 1.807) is 36.3 Å². The third-order valence-corrected chi connectivity index (χ3v) is 6.51. The summed E-state index contributed by atoms with van der Waals surface area (Å²) in [6, 6.07) is 0. The van der Waals surface area contributed by atoms with Crippen LogP contribution in [0.1, 0.15) is 51.6 Å². The van der Waals surface area contributed by atoms with Crippen LogP contribution >= 0.6 is 0 Å². The highest BCUT2D eigenvalue weighted by atomic mass is 16.5. The smallest absolute Gasteiger partial charge is 0.236 e. The summed E-state index contributed by atoms with van der Waals surface area (Å²) >= 11 is 0. The van der Waals surface area contributed by atoms with E-state index in [1.165, 1.54) is 0 Å². The molecular weight excluding hydrogens is 496 g/mol. The van der Waals surface area contributed by atoms with E-state index in [1.807, 2.05) is 43.1 Å². The molecule has 4 aromatic rings. The largest absolute Gasteiger partial charge is 0.474 e. The van der Waals surface area contributed by atoms with Crippen LogP contribution in [0.4, 0.5) is 0 Å². The third kappa shape index (κ3) is 6.31. The van der Waals surface area contributed by atoms with Crippen molar-refractivity contribution in [1.82, 2.24) is 38.8 Å². The highest BCUT2D eigenvalue weighted by molar-refractivity contribution is 5.68. The van der Waals surface area contributed by atoms with Gasteiger partial charge in [-0.25, -0.2) is 14.6 Å². The van der Waals surface area contributed by atoms with Gasteiger partial charge in [-0.2, -0.15) is 5.10 Å². The molecule has 0 radical (unpaired) electrons. The highest BCUT2D eigenvalue weighted by Crippen LogP contribution is 2.30. The van der Waals surface area contributed by atoms with Crippen molar-refractivity contribution >= 4 is 11.9 Å². The fourth-order valence-electron chi connectivity index (χ4n) is 4.55. The number of hydrogen-bond acceptors (Lipinski definition) is 8. The monoisotopic (exact) mass is 536 g/mol. The lowest BCUT2D eigenvalue weighted by atomic mass is 10.2. The maximum atomic E-state index is 10.1. The van der Waals surface area contributed by atoms with Crippen LogP contribution in [0.3, 0.4) is 0 Å². The molecule has 1 N–H and O–H groups in total. The van der Waals surface area contributed by atoms with Crippen molar-refractivity contribution in [1.29, 1.82) is 0 Å². The number of fused-ring (bicyclic) bond motifs is 1. The molecule has 11 nitrogen and oxygen atoms in total. The molecule has 0 amide bonds. The predicted octanol–water partition coefficient (Wildman–Crippen LogP) is 3.74. The highest BCUT2D eigenvalue weighted by Gasteiger charge is 2.22. The van der Waals surface area contributed by atoms with E-state index >= 15 is 0 Å². The van der Waals surface area contributed by atoms with E-state index in [0.717, 1.165) is 34.6 Å². The van der Waals surface area contributed by atoms with Gasteiger partial charge in [0.15, 0.2) is 0 Å². The van der Waals surface area contributed by atoms with Crippen molar-refractivity contribution in [3.63, 3.8) is 0 Å². The van der Waals surface area contributed by atoms with Gasteiger partial charge in [0.05, 0.1) is 48.1 Å². The quantitative estimate of drug-likeness (QED) is 0.275. The minimum Gasteiger partial charge on any atom is -0.474 e. The Hall–Kier alpha value is -3.70. The molecule has 0 aliphatic carbocycles. The zero-order valence-electron chi connectivity index (χ0n) is 24.0. The van der Waals surface area contributed by atoms with Gasteiger partial charge >= 0.3 is 0 Å². The zero-order chi connectivity index (χ0) is 28.3. The maximum absolute atomic E-state index is 10.1. The molecule has 11 heteroatoms. The van der Waals surface area contributed by atoms with Crippen LogP contribution < -0.4 is 9.47 Å². The Labute approximate surface area is 229 Å². The molecule has 4 aromatic heterocycles. The second kappa shape index (κ2) is 12.0. The second-order valence-electron chi connectivity index (χ2n) is 10.2. The van der Waals surface area contributed by atoms with Gasteiger partial charge < -0.3 is 14.6 Å². The fraction of sp³-hybridized carbons (Fsp3) is 0.500. The number of ether oxygens (including phenoxy) is 2. The lowest BCUT2D eigenvalue weighted by Crippen LogP contribution is -2.35. The van der Waals surface area contributed by atoms with Crippen LogP contribution in [0.2, 0.25) is 0 Å². The number of rotatable bonds is 13. The van der Waals surface area contributed by atoms with Gasteiger partial charge in [-0.1, -0.05) is 13.5 Å². The molecule has 210 valence electrons. The Balaban J connectivity index is 1.53. The number of imidazole rings is 1. The molecule has 0 saturated heterocycles. The molecule has 0 aliphatic rings. The summed E-state index contributed by atoms with van der Waals surface area (Å²) < 4.78 is 17.9. The van der Waals surface area contributed by atoms with Crippen molar-refractivity contribution in [2.24, 2.45) is 7.05 Å². The van der Waals surface area contributed by atoms with Crippen molar-refractivity contribution < 1.29 is 14.6 Å². The molecule has 4 heterocycles. The van der Waals surface area contributed by atoms with E-state index in [2.05, 4.69) is 45.5 Å².